The van der Waals surface area contributed by atoms with Gasteiger partial charge < -0.3 is 5.32 Å². The van der Waals surface area contributed by atoms with Gasteiger partial charge in [-0.05, 0) is 40.5 Å². The van der Waals surface area contributed by atoms with Gasteiger partial charge in [-0.15, -0.1) is 20.7 Å². The van der Waals surface area contributed by atoms with E-state index in [0.29, 0.717) is 20.7 Å². The molecule has 0 radical (unpaired) electrons. The summed E-state index contributed by atoms with van der Waals surface area (Å²) >= 11 is 0.496. The second kappa shape index (κ2) is 3.52. The molecule has 1 aliphatic carbocycles. The van der Waals surface area contributed by atoms with Gasteiger partial charge in [0.15, 0.2) is 0 Å². The van der Waals surface area contributed by atoms with E-state index in [9.17, 15) is 0 Å². The Morgan fingerprint density at radius 1 is 1.27 bits per heavy atom. The number of alkyl halides is 1. The van der Waals surface area contributed by atoms with Crippen LogP contribution in [0.4, 0.5) is 0 Å². The number of nitrogens with one attached hydrogen (secondary N) is 1. The van der Waals surface area contributed by atoms with E-state index in [0.717, 1.165) is 12.1 Å². The van der Waals surface area contributed by atoms with Crippen molar-refractivity contribution < 1.29 is 0 Å². The predicted molar refractivity (Wildman–Crippen MR) is 58.7 cm³/mol. The standard InChI is InChI=1S/C9H16IN/c1-7-6-9(4-5-10-7)11-8-2-3-8/h8-9,11H,2-6H2,1H3. The van der Waals surface area contributed by atoms with Crippen LogP contribution in [-0.2, 0) is 0 Å². The largest absolute Gasteiger partial charge is 0.311 e. The number of halogens is 1. The van der Waals surface area contributed by atoms with Crippen LogP contribution in [0.5, 0.6) is 0 Å². The summed E-state index contributed by atoms with van der Waals surface area (Å²) < 4.78 is 3.34. The number of hydrogen-bond acceptors (Lipinski definition) is 1. The highest BCUT2D eigenvalue weighted by atomic mass is 127. The van der Waals surface area contributed by atoms with Crippen LogP contribution in [0.1, 0.15) is 32.6 Å². The summed E-state index contributed by atoms with van der Waals surface area (Å²) in [6, 6.07) is 1.76. The Morgan fingerprint density at radius 3 is 2.73 bits per heavy atom. The van der Waals surface area contributed by atoms with E-state index in [1.165, 1.54) is 30.1 Å². The topological polar surface area (TPSA) is 12.0 Å². The fraction of sp³-hybridized carbons (Fsp3) is 0.889. The lowest BCUT2D eigenvalue weighted by Crippen LogP contribution is -2.34. The van der Waals surface area contributed by atoms with Gasteiger partial charge in [-0.3, -0.25) is 0 Å². The number of rotatable bonds is 2. The SMILES string of the molecule is CC1=ICCC(NC2CC2)C1. The van der Waals surface area contributed by atoms with Gasteiger partial charge in [0.1, 0.15) is 0 Å². The van der Waals surface area contributed by atoms with Gasteiger partial charge in [-0.2, -0.15) is 0 Å². The molecule has 0 aromatic carbocycles. The highest BCUT2D eigenvalue weighted by molar-refractivity contribution is 14.2. The molecule has 2 heteroatoms. The van der Waals surface area contributed by atoms with Gasteiger partial charge in [-0.1, -0.05) is 0 Å². The van der Waals surface area contributed by atoms with Crippen molar-refractivity contribution >= 4 is 24.2 Å². The van der Waals surface area contributed by atoms with E-state index in [4.69, 9.17) is 0 Å². The van der Waals surface area contributed by atoms with Crippen molar-refractivity contribution in [3.63, 3.8) is 0 Å². The van der Waals surface area contributed by atoms with E-state index in [-0.39, 0.29) is 0 Å². The maximum Gasteiger partial charge on any atom is 0.0118 e. The molecule has 1 N–H and O–H groups in total. The average Bonchev–Trinajstić information content (AvgIpc) is 2.71. The molecule has 1 saturated carbocycles. The molecule has 2 rings (SSSR count). The highest BCUT2D eigenvalue weighted by Crippen LogP contribution is 2.24. The summed E-state index contributed by atoms with van der Waals surface area (Å²) in [5.74, 6) is 0. The molecule has 1 fully saturated rings. The first kappa shape index (κ1) is 8.17. The van der Waals surface area contributed by atoms with Gasteiger partial charge in [0.05, 0.1) is 0 Å². The van der Waals surface area contributed by atoms with Gasteiger partial charge in [-0.25, -0.2) is 0 Å². The van der Waals surface area contributed by atoms with Crippen LogP contribution in [0, 0.1) is 0 Å². The third kappa shape index (κ3) is 2.51. The summed E-state index contributed by atoms with van der Waals surface area (Å²) in [4.78, 5) is 0. The first-order valence-corrected chi connectivity index (χ1v) is 7.12. The first-order chi connectivity index (χ1) is 5.34. The van der Waals surface area contributed by atoms with Crippen LogP contribution in [0.3, 0.4) is 0 Å². The first-order valence-electron chi connectivity index (χ1n) is 4.52. The van der Waals surface area contributed by atoms with Crippen LogP contribution in [-0.4, -0.2) is 20.0 Å². The number of hydrogen-bond donors (Lipinski definition) is 1. The molecule has 0 bridgehead atoms. The lowest BCUT2D eigenvalue weighted by atomic mass is 10.1. The average molecular weight is 265 g/mol. The van der Waals surface area contributed by atoms with Gasteiger partial charge in [0.25, 0.3) is 0 Å². The summed E-state index contributed by atoms with van der Waals surface area (Å²) in [5, 5.41) is 3.72. The van der Waals surface area contributed by atoms with E-state index in [1.54, 1.807) is 0 Å². The van der Waals surface area contributed by atoms with Crippen LogP contribution >= 0.6 is 20.7 Å². The monoisotopic (exact) mass is 265 g/mol. The van der Waals surface area contributed by atoms with Gasteiger partial charge >= 0.3 is 0 Å². The maximum atomic E-state index is 3.72. The lowest BCUT2D eigenvalue weighted by molar-refractivity contribution is 0.513. The van der Waals surface area contributed by atoms with Crippen LogP contribution < -0.4 is 5.32 Å². The molecule has 64 valence electrons. The molecular formula is C9H16IN. The molecule has 0 aromatic heterocycles. The molecule has 1 aliphatic heterocycles. The van der Waals surface area contributed by atoms with Crippen LogP contribution in [0.25, 0.3) is 0 Å². The van der Waals surface area contributed by atoms with Crippen molar-refractivity contribution in [2.24, 2.45) is 0 Å². The predicted octanol–water partition coefficient (Wildman–Crippen LogP) is 2.06. The Bertz CT molecular complexity index is 172. The van der Waals surface area contributed by atoms with Crippen LogP contribution in [0.15, 0.2) is 0 Å². The Hall–Kier alpha value is 0.560. The molecule has 1 atom stereocenters. The third-order valence-electron chi connectivity index (χ3n) is 2.36. The second-order valence-electron chi connectivity index (χ2n) is 3.63. The molecule has 1 unspecified atom stereocenters. The zero-order valence-corrected chi connectivity index (χ0v) is 9.23. The molecule has 0 saturated heterocycles. The Kier molecular flexibility index (Phi) is 2.61. The van der Waals surface area contributed by atoms with Gasteiger partial charge in [0.2, 0.25) is 0 Å². The summed E-state index contributed by atoms with van der Waals surface area (Å²) in [7, 11) is 0. The zero-order chi connectivity index (χ0) is 7.68. The van der Waals surface area contributed by atoms with E-state index in [1.807, 2.05) is 3.51 Å². The Labute approximate surface area is 78.7 Å². The van der Waals surface area contributed by atoms with Gasteiger partial charge in [0, 0.05) is 12.1 Å². The molecule has 0 spiro atoms. The smallest absolute Gasteiger partial charge is 0.0118 e. The summed E-state index contributed by atoms with van der Waals surface area (Å²) in [6.07, 6.45) is 5.72. The maximum absolute atomic E-state index is 3.72. The molecule has 11 heavy (non-hydrogen) atoms. The Balaban J connectivity index is 1.80. The fourth-order valence-electron chi connectivity index (χ4n) is 1.57. The highest BCUT2D eigenvalue weighted by Gasteiger charge is 2.25. The van der Waals surface area contributed by atoms with Crippen molar-refractivity contribution in [3.05, 3.63) is 0 Å². The Morgan fingerprint density at radius 2 is 2.09 bits per heavy atom. The fourth-order valence-corrected chi connectivity index (χ4v) is 4.40. The molecule has 0 amide bonds. The van der Waals surface area contributed by atoms with Crippen molar-refractivity contribution in [1.29, 1.82) is 0 Å². The zero-order valence-electron chi connectivity index (χ0n) is 7.07. The van der Waals surface area contributed by atoms with E-state index >= 15 is 0 Å². The molecule has 2 aliphatic rings. The second-order valence-corrected chi connectivity index (χ2v) is 7.31. The van der Waals surface area contributed by atoms with Crippen molar-refractivity contribution in [2.75, 3.05) is 4.43 Å². The summed E-state index contributed by atoms with van der Waals surface area (Å²) in [6.45, 7) is 2.36. The third-order valence-corrected chi connectivity index (χ3v) is 5.26. The van der Waals surface area contributed by atoms with Crippen LogP contribution in [0.2, 0.25) is 0 Å². The van der Waals surface area contributed by atoms with Crippen molar-refractivity contribution in [3.8, 4) is 0 Å². The molecule has 0 aromatic rings. The minimum atomic E-state index is 0.496. The van der Waals surface area contributed by atoms with E-state index in [2.05, 4.69) is 12.2 Å². The molecule has 1 heterocycles. The van der Waals surface area contributed by atoms with Crippen molar-refractivity contribution in [1.82, 2.24) is 5.32 Å². The summed E-state index contributed by atoms with van der Waals surface area (Å²) in [5.41, 5.74) is 0. The molecular weight excluding hydrogens is 249 g/mol. The minimum Gasteiger partial charge on any atom is -0.311 e. The molecule has 1 nitrogen and oxygen atoms in total. The van der Waals surface area contributed by atoms with Crippen molar-refractivity contribution in [2.45, 2.75) is 44.7 Å². The lowest BCUT2D eigenvalue weighted by Gasteiger charge is -2.21. The normalized spacial score (nSPS) is 32.5. The minimum absolute atomic E-state index is 0.496. The van der Waals surface area contributed by atoms with E-state index < -0.39 is 0 Å². The quantitative estimate of drug-likeness (QED) is 0.595.